The van der Waals surface area contributed by atoms with E-state index in [9.17, 15) is 15.0 Å². The first kappa shape index (κ1) is 15.8. The molecule has 0 bridgehead atoms. The normalized spacial score (nSPS) is 54.4. The van der Waals surface area contributed by atoms with Crippen molar-refractivity contribution in [1.82, 2.24) is 0 Å². The molecule has 23 heavy (non-hydrogen) atoms. The van der Waals surface area contributed by atoms with Crippen LogP contribution in [0.2, 0.25) is 0 Å². The maximum absolute atomic E-state index is 13.3. The average Bonchev–Trinajstić information content (AvgIpc) is 2.84. The van der Waals surface area contributed by atoms with Crippen LogP contribution in [0.5, 0.6) is 0 Å². The number of hydrogen-bond acceptors (Lipinski definition) is 3. The third-order valence-corrected chi connectivity index (χ3v) is 8.56. The predicted octanol–water partition coefficient (Wildman–Crippen LogP) is 2.95. The summed E-state index contributed by atoms with van der Waals surface area (Å²) in [5.74, 6) is 1.71. The van der Waals surface area contributed by atoms with Gasteiger partial charge < -0.3 is 10.2 Å². The van der Waals surface area contributed by atoms with Gasteiger partial charge >= 0.3 is 0 Å². The molecule has 0 aromatic rings. The van der Waals surface area contributed by atoms with E-state index in [4.69, 9.17) is 0 Å². The van der Waals surface area contributed by atoms with Gasteiger partial charge in [0.1, 0.15) is 5.78 Å². The molecule has 0 amide bonds. The van der Waals surface area contributed by atoms with Gasteiger partial charge in [-0.2, -0.15) is 0 Å². The first-order valence-electron chi connectivity index (χ1n) is 9.26. The second-order valence-corrected chi connectivity index (χ2v) is 9.43. The molecule has 3 saturated carbocycles. The molecular formula is C20H30O3. The van der Waals surface area contributed by atoms with Crippen molar-refractivity contribution < 1.29 is 15.0 Å². The lowest BCUT2D eigenvalue weighted by Gasteiger charge is -2.69. The van der Waals surface area contributed by atoms with Crippen molar-refractivity contribution in [2.24, 2.45) is 39.9 Å². The van der Waals surface area contributed by atoms with Gasteiger partial charge in [-0.25, -0.2) is 0 Å². The van der Waals surface area contributed by atoms with Crippen LogP contribution in [0.15, 0.2) is 11.6 Å². The van der Waals surface area contributed by atoms with Gasteiger partial charge in [-0.1, -0.05) is 33.8 Å². The predicted molar refractivity (Wildman–Crippen MR) is 88.6 cm³/mol. The first-order valence-corrected chi connectivity index (χ1v) is 9.26. The highest BCUT2D eigenvalue weighted by Crippen LogP contribution is 2.85. The number of allylic oxidation sites excluding steroid dienone is 1. The molecule has 3 nitrogen and oxygen atoms in total. The van der Waals surface area contributed by atoms with Crippen LogP contribution in [0.3, 0.4) is 0 Å². The van der Waals surface area contributed by atoms with Crippen molar-refractivity contribution in [3.63, 3.8) is 0 Å². The van der Waals surface area contributed by atoms with Gasteiger partial charge in [0.2, 0.25) is 0 Å². The molecule has 0 aliphatic heterocycles. The van der Waals surface area contributed by atoms with E-state index in [0.29, 0.717) is 30.5 Å². The molecule has 0 aromatic heterocycles. The fourth-order valence-electron chi connectivity index (χ4n) is 7.91. The second-order valence-electron chi connectivity index (χ2n) is 9.43. The lowest BCUT2D eigenvalue weighted by atomic mass is 9.33. The van der Waals surface area contributed by atoms with E-state index in [1.807, 2.05) is 0 Å². The maximum Gasteiger partial charge on any atom is 0.141 e. The van der Waals surface area contributed by atoms with E-state index in [2.05, 4.69) is 33.8 Å². The van der Waals surface area contributed by atoms with Gasteiger partial charge in [0.05, 0.1) is 12.7 Å². The van der Waals surface area contributed by atoms with Crippen LogP contribution in [0.1, 0.15) is 53.4 Å². The number of Topliss-reactive ketones (excluding diaryl/α,β-unsaturated/α-hetero) is 1. The van der Waals surface area contributed by atoms with Crippen LogP contribution >= 0.6 is 0 Å². The van der Waals surface area contributed by atoms with E-state index >= 15 is 0 Å². The summed E-state index contributed by atoms with van der Waals surface area (Å²) in [4.78, 5) is 13.3. The van der Waals surface area contributed by atoms with Crippen LogP contribution in [-0.2, 0) is 4.79 Å². The molecule has 2 N–H and O–H groups in total. The van der Waals surface area contributed by atoms with Crippen LogP contribution in [0, 0.1) is 39.9 Å². The fraction of sp³-hybridized carbons (Fsp3) is 0.850. The summed E-state index contributed by atoms with van der Waals surface area (Å²) in [5, 5.41) is 20.3. The molecule has 0 aromatic carbocycles. The highest BCUT2D eigenvalue weighted by atomic mass is 16.3. The minimum atomic E-state index is -0.406. The summed E-state index contributed by atoms with van der Waals surface area (Å²) >= 11 is 0. The van der Waals surface area contributed by atoms with Gasteiger partial charge in [-0.3, -0.25) is 4.79 Å². The SMILES string of the molecule is CC(C)[C@H]1CC(=O)[C@]23[C@@H]4C=C(CO)C[C@@H](O)[C@@H]4[C@@]2(C)CC[C@]13C. The van der Waals surface area contributed by atoms with Crippen molar-refractivity contribution in [2.45, 2.75) is 59.5 Å². The molecule has 4 rings (SSSR count). The van der Waals surface area contributed by atoms with Gasteiger partial charge in [-0.05, 0) is 59.3 Å². The summed E-state index contributed by atoms with van der Waals surface area (Å²) in [6.07, 6.45) is 5.19. The largest absolute Gasteiger partial charge is 0.392 e. The number of hydrogen-bond donors (Lipinski definition) is 2. The molecule has 0 heterocycles. The number of ketones is 1. The second kappa shape index (κ2) is 4.49. The van der Waals surface area contributed by atoms with E-state index in [-0.39, 0.29) is 34.7 Å². The molecule has 4 aliphatic rings. The van der Waals surface area contributed by atoms with Gasteiger partial charge in [0.25, 0.3) is 0 Å². The topological polar surface area (TPSA) is 57.5 Å². The van der Waals surface area contributed by atoms with Crippen LogP contribution < -0.4 is 0 Å². The van der Waals surface area contributed by atoms with Crippen LogP contribution in [0.25, 0.3) is 0 Å². The number of carbonyl (C=O) groups is 1. The van der Waals surface area contributed by atoms with Crippen molar-refractivity contribution in [1.29, 1.82) is 0 Å². The highest BCUT2D eigenvalue weighted by molar-refractivity contribution is 5.92. The molecule has 3 heteroatoms. The van der Waals surface area contributed by atoms with Gasteiger partial charge in [0, 0.05) is 11.8 Å². The number of fused-ring (bicyclic) bond motifs is 2. The Bertz CT molecular complexity index is 594. The zero-order valence-electron chi connectivity index (χ0n) is 14.8. The summed E-state index contributed by atoms with van der Waals surface area (Å²) < 4.78 is 0. The van der Waals surface area contributed by atoms with Crippen LogP contribution in [0.4, 0.5) is 0 Å². The molecule has 0 radical (unpaired) electrons. The Kier molecular flexibility index (Phi) is 3.09. The van der Waals surface area contributed by atoms with Crippen molar-refractivity contribution in [2.75, 3.05) is 6.61 Å². The summed E-state index contributed by atoms with van der Waals surface area (Å²) in [5.41, 5.74) is 0.596. The third-order valence-electron chi connectivity index (χ3n) is 8.56. The summed E-state index contributed by atoms with van der Waals surface area (Å²) in [6.45, 7) is 9.11. The quantitative estimate of drug-likeness (QED) is 0.770. The zero-order valence-corrected chi connectivity index (χ0v) is 14.8. The van der Waals surface area contributed by atoms with E-state index in [1.54, 1.807) is 0 Å². The minimum Gasteiger partial charge on any atom is -0.392 e. The van der Waals surface area contributed by atoms with Gasteiger partial charge in [0.15, 0.2) is 0 Å². The first-order chi connectivity index (χ1) is 10.7. The van der Waals surface area contributed by atoms with E-state index < -0.39 is 6.10 Å². The molecule has 0 unspecified atom stereocenters. The molecule has 7 atom stereocenters. The Morgan fingerprint density at radius 3 is 2.48 bits per heavy atom. The Hall–Kier alpha value is -0.670. The molecule has 128 valence electrons. The standard InChI is InChI=1S/C20H30O3/c1-11(2)13-9-16(23)20-14-7-12(10-21)8-15(22)17(14)19(20,4)6-5-18(13,20)3/h7,11,13-15,17,21-22H,5-6,8-10H2,1-4H3/t13-,14-,15-,17-,18-,19-,20+/m1/s1. The monoisotopic (exact) mass is 318 g/mol. The number of aliphatic hydroxyl groups is 2. The Labute approximate surface area is 139 Å². The molecule has 3 fully saturated rings. The maximum atomic E-state index is 13.3. The highest BCUT2D eigenvalue weighted by Gasteiger charge is 2.84. The minimum absolute atomic E-state index is 0.00554. The molecule has 1 spiro atoms. The molecule has 4 aliphatic carbocycles. The number of aliphatic hydroxyl groups excluding tert-OH is 2. The lowest BCUT2D eigenvalue weighted by molar-refractivity contribution is -0.227. The molecular weight excluding hydrogens is 288 g/mol. The van der Waals surface area contributed by atoms with Crippen molar-refractivity contribution in [3.8, 4) is 0 Å². The average molecular weight is 318 g/mol. The number of rotatable bonds is 2. The molecule has 0 saturated heterocycles. The van der Waals surface area contributed by atoms with E-state index in [0.717, 1.165) is 18.4 Å². The lowest BCUT2D eigenvalue weighted by Crippen LogP contribution is -2.71. The fourth-order valence-corrected chi connectivity index (χ4v) is 7.91. The number of carbonyl (C=O) groups excluding carboxylic acids is 1. The Morgan fingerprint density at radius 1 is 1.22 bits per heavy atom. The smallest absolute Gasteiger partial charge is 0.141 e. The van der Waals surface area contributed by atoms with E-state index in [1.165, 1.54) is 0 Å². The Balaban J connectivity index is 1.88. The summed E-state index contributed by atoms with van der Waals surface area (Å²) in [7, 11) is 0. The van der Waals surface area contributed by atoms with Crippen LogP contribution in [-0.4, -0.2) is 28.7 Å². The summed E-state index contributed by atoms with van der Waals surface area (Å²) in [6, 6.07) is 0. The third kappa shape index (κ3) is 1.44. The van der Waals surface area contributed by atoms with Crippen molar-refractivity contribution in [3.05, 3.63) is 11.6 Å². The Morgan fingerprint density at radius 2 is 1.87 bits per heavy atom. The van der Waals surface area contributed by atoms with Crippen molar-refractivity contribution >= 4 is 5.78 Å². The van der Waals surface area contributed by atoms with Gasteiger partial charge in [-0.15, -0.1) is 0 Å². The zero-order chi connectivity index (χ0) is 16.8.